The van der Waals surface area contributed by atoms with E-state index in [-0.39, 0.29) is 0 Å². The van der Waals surface area contributed by atoms with Crippen molar-refractivity contribution in [2.45, 2.75) is 55.5 Å². The van der Waals surface area contributed by atoms with Gasteiger partial charge >= 0.3 is 0 Å². The fourth-order valence-electron chi connectivity index (χ4n) is 3.53. The normalized spacial score (nSPS) is 15.4. The third-order valence-electron chi connectivity index (χ3n) is 4.87. The molecule has 1 aromatic carbocycles. The van der Waals surface area contributed by atoms with Gasteiger partial charge in [0.25, 0.3) is 0 Å². The molecule has 0 N–H and O–H groups in total. The highest BCUT2D eigenvalue weighted by atomic mass is 79.9. The van der Waals surface area contributed by atoms with Crippen LogP contribution in [0.4, 0.5) is 0 Å². The lowest BCUT2D eigenvalue weighted by atomic mass is 9.95. The number of nitrogens with zero attached hydrogens (tertiary/aromatic N) is 3. The van der Waals surface area contributed by atoms with Crippen molar-refractivity contribution in [3.05, 3.63) is 62.5 Å². The van der Waals surface area contributed by atoms with Gasteiger partial charge in [-0.05, 0) is 42.0 Å². The van der Waals surface area contributed by atoms with Crippen molar-refractivity contribution in [1.29, 1.82) is 0 Å². The van der Waals surface area contributed by atoms with Crippen LogP contribution in [0.3, 0.4) is 0 Å². The number of benzene rings is 1. The van der Waals surface area contributed by atoms with E-state index in [9.17, 15) is 0 Å². The molecule has 0 atom stereocenters. The Balaban J connectivity index is 1.56. The van der Waals surface area contributed by atoms with Gasteiger partial charge in [0.1, 0.15) is 5.82 Å². The standard InChI is InChI=1S/C20H22BrN3S2/c21-16-10-8-15(9-11-16)14-26-20-23-22-19(13-18-7-4-12-25-18)24(20)17-5-2-1-3-6-17/h4,7-12,17H,1-3,5-6,13-14H2. The molecule has 0 unspecified atom stereocenters. The van der Waals surface area contributed by atoms with Crippen LogP contribution in [0.1, 0.15) is 54.4 Å². The molecule has 0 saturated heterocycles. The Bertz CT molecular complexity index is 821. The zero-order chi connectivity index (χ0) is 17.8. The van der Waals surface area contributed by atoms with E-state index in [2.05, 4.69) is 72.5 Å². The Morgan fingerprint density at radius 2 is 1.88 bits per heavy atom. The molecule has 0 bridgehead atoms. The first kappa shape index (κ1) is 18.3. The van der Waals surface area contributed by atoms with Crippen LogP contribution in [0.5, 0.6) is 0 Å². The summed E-state index contributed by atoms with van der Waals surface area (Å²) >= 11 is 7.12. The summed E-state index contributed by atoms with van der Waals surface area (Å²) < 4.78 is 3.57. The largest absolute Gasteiger partial charge is 0.303 e. The van der Waals surface area contributed by atoms with E-state index in [0.717, 1.165) is 27.6 Å². The summed E-state index contributed by atoms with van der Waals surface area (Å²) in [4.78, 5) is 1.36. The maximum absolute atomic E-state index is 4.58. The van der Waals surface area contributed by atoms with E-state index in [1.54, 1.807) is 11.3 Å². The lowest BCUT2D eigenvalue weighted by Crippen LogP contribution is -2.16. The Labute approximate surface area is 171 Å². The third-order valence-corrected chi connectivity index (χ3v) is 7.29. The quantitative estimate of drug-likeness (QED) is 0.404. The van der Waals surface area contributed by atoms with Crippen molar-refractivity contribution in [3.8, 4) is 0 Å². The molecule has 4 rings (SSSR count). The highest BCUT2D eigenvalue weighted by Crippen LogP contribution is 2.34. The second kappa shape index (κ2) is 8.72. The predicted molar refractivity (Wildman–Crippen MR) is 113 cm³/mol. The van der Waals surface area contributed by atoms with E-state index in [0.29, 0.717) is 6.04 Å². The monoisotopic (exact) mass is 447 g/mol. The fourth-order valence-corrected chi connectivity index (χ4v) is 5.48. The first-order valence-electron chi connectivity index (χ1n) is 9.13. The first-order valence-corrected chi connectivity index (χ1v) is 11.8. The van der Waals surface area contributed by atoms with E-state index in [1.165, 1.54) is 42.5 Å². The molecule has 1 fully saturated rings. The summed E-state index contributed by atoms with van der Waals surface area (Å²) in [6.07, 6.45) is 7.39. The Morgan fingerprint density at radius 1 is 1.08 bits per heavy atom. The maximum atomic E-state index is 4.58. The van der Waals surface area contributed by atoms with Gasteiger partial charge in [0.2, 0.25) is 0 Å². The number of hydrogen-bond donors (Lipinski definition) is 0. The van der Waals surface area contributed by atoms with Gasteiger partial charge in [0.05, 0.1) is 0 Å². The van der Waals surface area contributed by atoms with Gasteiger partial charge in [0, 0.05) is 27.6 Å². The van der Waals surface area contributed by atoms with Crippen LogP contribution in [-0.4, -0.2) is 14.8 Å². The molecule has 0 aliphatic heterocycles. The Hall–Kier alpha value is -1.11. The van der Waals surface area contributed by atoms with Crippen LogP contribution in [0.2, 0.25) is 0 Å². The molecule has 1 saturated carbocycles. The molecule has 0 spiro atoms. The predicted octanol–water partition coefficient (Wildman–Crippen LogP) is 6.49. The lowest BCUT2D eigenvalue weighted by Gasteiger charge is -2.25. The van der Waals surface area contributed by atoms with Crippen LogP contribution in [0.15, 0.2) is 51.4 Å². The summed E-state index contributed by atoms with van der Waals surface area (Å²) in [5.41, 5.74) is 1.32. The SMILES string of the molecule is Brc1ccc(CSc2nnc(Cc3cccs3)n2C2CCCCC2)cc1. The van der Waals surface area contributed by atoms with Crippen molar-refractivity contribution < 1.29 is 0 Å². The van der Waals surface area contributed by atoms with Crippen LogP contribution in [0, 0.1) is 0 Å². The summed E-state index contributed by atoms with van der Waals surface area (Å²) in [6, 6.07) is 13.4. The molecule has 1 aliphatic rings. The number of halogens is 1. The Kier molecular flexibility index (Phi) is 6.12. The van der Waals surface area contributed by atoms with Crippen molar-refractivity contribution in [2.75, 3.05) is 0 Å². The van der Waals surface area contributed by atoms with E-state index in [4.69, 9.17) is 0 Å². The van der Waals surface area contributed by atoms with Crippen LogP contribution in [0.25, 0.3) is 0 Å². The van der Waals surface area contributed by atoms with Gasteiger partial charge in [-0.3, -0.25) is 0 Å². The summed E-state index contributed by atoms with van der Waals surface area (Å²) in [5.74, 6) is 2.05. The highest BCUT2D eigenvalue weighted by Gasteiger charge is 2.23. The second-order valence-electron chi connectivity index (χ2n) is 6.73. The van der Waals surface area contributed by atoms with E-state index in [1.807, 2.05) is 11.8 Å². The molecule has 1 aliphatic carbocycles. The highest BCUT2D eigenvalue weighted by molar-refractivity contribution is 9.10. The fraction of sp³-hybridized carbons (Fsp3) is 0.400. The van der Waals surface area contributed by atoms with Crippen molar-refractivity contribution in [2.24, 2.45) is 0 Å². The molecular weight excluding hydrogens is 426 g/mol. The lowest BCUT2D eigenvalue weighted by molar-refractivity contribution is 0.330. The number of hydrogen-bond acceptors (Lipinski definition) is 4. The van der Waals surface area contributed by atoms with Gasteiger partial charge in [-0.15, -0.1) is 21.5 Å². The minimum Gasteiger partial charge on any atom is -0.303 e. The topological polar surface area (TPSA) is 30.7 Å². The molecular formula is C20H22BrN3S2. The number of thioether (sulfide) groups is 1. The average Bonchev–Trinajstić information content (AvgIpc) is 3.32. The summed E-state index contributed by atoms with van der Waals surface area (Å²) in [5, 5.41) is 12.4. The van der Waals surface area contributed by atoms with Crippen molar-refractivity contribution in [1.82, 2.24) is 14.8 Å². The molecule has 3 nitrogen and oxygen atoms in total. The van der Waals surface area contributed by atoms with E-state index < -0.39 is 0 Å². The zero-order valence-electron chi connectivity index (χ0n) is 14.6. The third kappa shape index (κ3) is 4.41. The minimum absolute atomic E-state index is 0.557. The molecule has 3 aromatic rings. The first-order chi connectivity index (χ1) is 12.8. The Morgan fingerprint density at radius 3 is 2.62 bits per heavy atom. The van der Waals surface area contributed by atoms with Gasteiger partial charge < -0.3 is 4.57 Å². The number of aromatic nitrogens is 3. The molecule has 2 aromatic heterocycles. The van der Waals surface area contributed by atoms with Crippen molar-refractivity contribution >= 4 is 39.0 Å². The van der Waals surface area contributed by atoms with Crippen LogP contribution >= 0.6 is 39.0 Å². The second-order valence-corrected chi connectivity index (χ2v) is 9.62. The number of thiophene rings is 1. The molecule has 6 heteroatoms. The van der Waals surface area contributed by atoms with Crippen molar-refractivity contribution in [3.63, 3.8) is 0 Å². The van der Waals surface area contributed by atoms with Crippen LogP contribution < -0.4 is 0 Å². The molecule has 136 valence electrons. The number of rotatable bonds is 6. The van der Waals surface area contributed by atoms with Gasteiger partial charge in [-0.1, -0.05) is 65.2 Å². The smallest absolute Gasteiger partial charge is 0.191 e. The minimum atomic E-state index is 0.557. The average molecular weight is 448 g/mol. The summed E-state index contributed by atoms with van der Waals surface area (Å²) in [7, 11) is 0. The molecule has 0 amide bonds. The molecule has 2 heterocycles. The molecule has 26 heavy (non-hydrogen) atoms. The van der Waals surface area contributed by atoms with Gasteiger partial charge in [-0.2, -0.15) is 0 Å². The van der Waals surface area contributed by atoms with Crippen LogP contribution in [-0.2, 0) is 12.2 Å². The maximum Gasteiger partial charge on any atom is 0.191 e. The van der Waals surface area contributed by atoms with Gasteiger partial charge in [-0.25, -0.2) is 0 Å². The van der Waals surface area contributed by atoms with Gasteiger partial charge in [0.15, 0.2) is 5.16 Å². The van der Waals surface area contributed by atoms with E-state index >= 15 is 0 Å². The summed E-state index contributed by atoms with van der Waals surface area (Å²) in [6.45, 7) is 0. The zero-order valence-corrected chi connectivity index (χ0v) is 17.8. The molecule has 0 radical (unpaired) electrons.